The lowest BCUT2D eigenvalue weighted by atomic mass is 9.70. The van der Waals surface area contributed by atoms with E-state index >= 15 is 0 Å². The fraction of sp³-hybridized carbons (Fsp3) is 0.625. The Morgan fingerprint density at radius 1 is 0.594 bits per heavy atom. The van der Waals surface area contributed by atoms with Gasteiger partial charge in [0.15, 0.2) is 0 Å². The molecule has 186 valence electrons. The lowest BCUT2D eigenvalue weighted by Crippen LogP contribution is -2.53. The quantitative estimate of drug-likeness (QED) is 0.165. The molecule has 1 aromatic carbocycles. The molecule has 0 bridgehead atoms. The monoisotopic (exact) mass is 746 g/mol. The van der Waals surface area contributed by atoms with Gasteiger partial charge in [-0.1, -0.05) is 52.0 Å². The number of hydrogen-bond donors (Lipinski definition) is 0. The van der Waals surface area contributed by atoms with Crippen LogP contribution in [0.25, 0.3) is 0 Å². The van der Waals surface area contributed by atoms with E-state index in [2.05, 4.69) is 0 Å². The average Bonchev–Trinajstić information content (AvgIpc) is 2.60. The van der Waals surface area contributed by atoms with Gasteiger partial charge in [0.25, 0.3) is 0 Å². The van der Waals surface area contributed by atoms with Gasteiger partial charge < -0.3 is 0 Å². The highest BCUT2D eigenvalue weighted by molar-refractivity contribution is 7.67. The second kappa shape index (κ2) is 12.2. The highest BCUT2D eigenvalue weighted by Crippen LogP contribution is 2.67. The molecule has 0 heterocycles. The first-order valence-corrected chi connectivity index (χ1v) is 29.9. The number of benzene rings is 1. The van der Waals surface area contributed by atoms with Crippen molar-refractivity contribution in [3.05, 3.63) is 35.4 Å². The predicted molar refractivity (Wildman–Crippen MR) is 163 cm³/mol. The lowest BCUT2D eigenvalue weighted by Gasteiger charge is -2.53. The molecule has 4 atom stereocenters. The van der Waals surface area contributed by atoms with Crippen molar-refractivity contribution >= 4 is 157 Å². The SMILES string of the molecule is CC(Cc1ccccc1C(C(C)[Si](Cl)(Cl)Cl)(C(C)[Si](Cl)(Cl)Cl)C(C)[Si](Cl)(Cl)Cl)[Si](Cl)(Cl)Cl. The molecule has 0 amide bonds. The van der Waals surface area contributed by atoms with E-state index in [0.29, 0.717) is 6.42 Å². The summed E-state index contributed by atoms with van der Waals surface area (Å²) in [7, 11) is 0. The summed E-state index contributed by atoms with van der Waals surface area (Å²) in [5, 5.41) is 0. The minimum Gasteiger partial charge on any atom is -0.126 e. The molecule has 0 saturated heterocycles. The molecule has 0 aliphatic heterocycles. The number of hydrogen-bond acceptors (Lipinski definition) is 0. The Morgan fingerprint density at radius 2 is 0.938 bits per heavy atom. The molecule has 0 aromatic heterocycles. The van der Waals surface area contributed by atoms with Crippen molar-refractivity contribution < 1.29 is 0 Å². The standard InChI is InChI=1S/C16H22Cl12Si4/c1-10(29(17,18)19)9-14-7-5-6-8-15(14)16(11(2)30(20,21)22,12(3)31(23,24)25)13(4)32(26,27)28/h5-8,10-13H,9H2,1-4H3. The summed E-state index contributed by atoms with van der Waals surface area (Å²) in [5.74, 6) is 0. The van der Waals surface area contributed by atoms with Gasteiger partial charge in [0, 0.05) is 22.0 Å². The minimum absolute atomic E-state index is 0.202. The first-order valence-electron chi connectivity index (χ1n) is 9.44. The molecule has 4 unspecified atom stereocenters. The Hall–Kier alpha value is 3.57. The normalized spacial score (nSPS) is 19.8. The van der Waals surface area contributed by atoms with Gasteiger partial charge >= 0.3 is 24.0 Å². The molecule has 1 aromatic rings. The van der Waals surface area contributed by atoms with Crippen molar-refractivity contribution in [1.29, 1.82) is 0 Å². The van der Waals surface area contributed by atoms with Gasteiger partial charge in [0.1, 0.15) is 0 Å². The average molecular weight is 752 g/mol. The zero-order valence-electron chi connectivity index (χ0n) is 17.4. The Bertz CT molecular complexity index is 718. The van der Waals surface area contributed by atoms with Crippen molar-refractivity contribution in [3.63, 3.8) is 0 Å². The van der Waals surface area contributed by atoms with E-state index in [1.807, 2.05) is 52.0 Å². The van der Waals surface area contributed by atoms with Crippen molar-refractivity contribution in [1.82, 2.24) is 0 Å². The third-order valence-corrected chi connectivity index (χ3v) is 24.1. The van der Waals surface area contributed by atoms with E-state index in [-0.39, 0.29) is 5.54 Å². The van der Waals surface area contributed by atoms with Gasteiger partial charge in [-0.05, 0) is 23.1 Å². The molecule has 0 fully saturated rings. The van der Waals surface area contributed by atoms with E-state index in [1.165, 1.54) is 0 Å². The molecule has 16 heteroatoms. The molecular weight excluding hydrogens is 730 g/mol. The fourth-order valence-electron chi connectivity index (χ4n) is 4.20. The van der Waals surface area contributed by atoms with Crippen LogP contribution in [-0.4, -0.2) is 24.0 Å². The van der Waals surface area contributed by atoms with Crippen LogP contribution in [0.2, 0.25) is 22.2 Å². The van der Waals surface area contributed by atoms with E-state index in [4.69, 9.17) is 133 Å². The topological polar surface area (TPSA) is 0 Å². The van der Waals surface area contributed by atoms with Crippen LogP contribution in [0, 0.1) is 0 Å². The van der Waals surface area contributed by atoms with Crippen LogP contribution in [0.4, 0.5) is 0 Å². The maximum Gasteiger partial charge on any atom is 0.344 e. The van der Waals surface area contributed by atoms with Crippen LogP contribution in [0.15, 0.2) is 24.3 Å². The molecule has 0 aliphatic rings. The lowest BCUT2D eigenvalue weighted by molar-refractivity contribution is 0.371. The first-order chi connectivity index (χ1) is 14.1. The molecular formula is C16H22Cl12Si4. The maximum absolute atomic E-state index is 6.62. The molecule has 0 nitrogen and oxygen atoms in total. The summed E-state index contributed by atoms with van der Waals surface area (Å²) < 4.78 is 0. The zero-order valence-corrected chi connectivity index (χ0v) is 30.4. The second-order valence-corrected chi connectivity index (χ2v) is 44.4. The van der Waals surface area contributed by atoms with Crippen LogP contribution in [0.5, 0.6) is 0 Å². The molecule has 0 aliphatic carbocycles. The van der Waals surface area contributed by atoms with Crippen molar-refractivity contribution in [3.8, 4) is 0 Å². The summed E-state index contributed by atoms with van der Waals surface area (Å²) in [4.78, 5) is 0. The maximum atomic E-state index is 6.62. The van der Waals surface area contributed by atoms with E-state index in [9.17, 15) is 0 Å². The van der Waals surface area contributed by atoms with Crippen LogP contribution in [0.1, 0.15) is 38.8 Å². The molecule has 0 radical (unpaired) electrons. The number of rotatable bonds is 10. The summed E-state index contributed by atoms with van der Waals surface area (Å²) >= 11 is 78.5. The highest BCUT2D eigenvalue weighted by atomic mass is 35.9. The van der Waals surface area contributed by atoms with E-state index < -0.39 is 46.1 Å². The van der Waals surface area contributed by atoms with Gasteiger partial charge in [-0.3, -0.25) is 0 Å². The van der Waals surface area contributed by atoms with Crippen molar-refractivity contribution in [2.45, 2.75) is 61.7 Å². The van der Waals surface area contributed by atoms with E-state index in [0.717, 1.165) is 11.1 Å². The molecule has 0 saturated carbocycles. The third-order valence-electron chi connectivity index (χ3n) is 6.19. The summed E-state index contributed by atoms with van der Waals surface area (Å²) in [6, 6.07) is -5.65. The Labute approximate surface area is 251 Å². The third kappa shape index (κ3) is 8.03. The second-order valence-electron chi connectivity index (χ2n) is 8.03. The molecule has 1 rings (SSSR count). The van der Waals surface area contributed by atoms with Crippen LogP contribution in [0.3, 0.4) is 0 Å². The largest absolute Gasteiger partial charge is 0.344 e. The molecule has 0 spiro atoms. The first kappa shape index (κ1) is 33.6. The van der Waals surface area contributed by atoms with Crippen molar-refractivity contribution in [2.24, 2.45) is 0 Å². The van der Waals surface area contributed by atoms with Crippen LogP contribution < -0.4 is 0 Å². The van der Waals surface area contributed by atoms with Crippen LogP contribution in [-0.2, 0) is 11.8 Å². The smallest absolute Gasteiger partial charge is 0.126 e. The molecule has 0 N–H and O–H groups in total. The van der Waals surface area contributed by atoms with Gasteiger partial charge in [-0.15, -0.1) is 133 Å². The summed E-state index contributed by atoms with van der Waals surface area (Å²) in [6.07, 6.45) is 0.469. The van der Waals surface area contributed by atoms with Gasteiger partial charge in [-0.25, -0.2) is 0 Å². The predicted octanol–water partition coefficient (Wildman–Crippen LogP) is 11.6. The minimum atomic E-state index is -3.42. The van der Waals surface area contributed by atoms with Gasteiger partial charge in [0.05, 0.1) is 0 Å². The summed E-state index contributed by atoms with van der Waals surface area (Å²) in [5.41, 5.74) is -1.23. The van der Waals surface area contributed by atoms with Gasteiger partial charge in [0.2, 0.25) is 0 Å². The van der Waals surface area contributed by atoms with Crippen molar-refractivity contribution in [2.75, 3.05) is 0 Å². The Morgan fingerprint density at radius 3 is 1.25 bits per heavy atom. The van der Waals surface area contributed by atoms with Gasteiger partial charge in [-0.2, -0.15) is 0 Å². The van der Waals surface area contributed by atoms with Crippen LogP contribution >= 0.6 is 133 Å². The Balaban J connectivity index is 4.08. The number of halogens is 12. The highest BCUT2D eigenvalue weighted by Gasteiger charge is 2.64. The van der Waals surface area contributed by atoms with E-state index in [1.54, 1.807) is 0 Å². The fourth-order valence-corrected chi connectivity index (χ4v) is 14.3. The molecule has 32 heavy (non-hydrogen) atoms. The Kier molecular flexibility index (Phi) is 12.8. The zero-order chi connectivity index (χ0) is 25.5. The summed E-state index contributed by atoms with van der Waals surface area (Å²) in [6.45, 7) is 7.41.